The van der Waals surface area contributed by atoms with Crippen molar-refractivity contribution in [1.82, 2.24) is 25.2 Å². The number of nitrogens with one attached hydrogen (secondary N) is 2. The van der Waals surface area contributed by atoms with E-state index in [1.54, 1.807) is 0 Å². The monoisotopic (exact) mass is 417 g/mol. The van der Waals surface area contributed by atoms with Gasteiger partial charge in [0, 0.05) is 25.4 Å². The number of benzene rings is 2. The van der Waals surface area contributed by atoms with Gasteiger partial charge in [-0.1, -0.05) is 42.5 Å². The zero-order valence-corrected chi connectivity index (χ0v) is 17.7. The van der Waals surface area contributed by atoms with Gasteiger partial charge in [0.1, 0.15) is 18.4 Å². The second-order valence-electron chi connectivity index (χ2n) is 8.13. The quantitative estimate of drug-likeness (QED) is 0.682. The lowest BCUT2D eigenvalue weighted by Crippen LogP contribution is -2.51. The van der Waals surface area contributed by atoms with Crippen LogP contribution in [-0.4, -0.2) is 53.4 Å². The smallest absolute Gasteiger partial charge is 0.254 e. The minimum absolute atomic E-state index is 0.0432. The Labute approximate surface area is 182 Å². The molecule has 160 valence electrons. The number of fused-ring (bicyclic) bond motifs is 3. The number of likely N-dealkylation sites (N-methyl/N-ethyl adjacent to an activating group) is 2. The molecule has 3 atom stereocenters. The van der Waals surface area contributed by atoms with E-state index in [4.69, 9.17) is 4.74 Å². The van der Waals surface area contributed by atoms with Crippen LogP contribution in [0.1, 0.15) is 17.3 Å². The fourth-order valence-electron chi connectivity index (χ4n) is 4.52. The van der Waals surface area contributed by atoms with E-state index in [9.17, 15) is 4.79 Å². The molecule has 0 radical (unpaired) electrons. The summed E-state index contributed by atoms with van der Waals surface area (Å²) in [6.07, 6.45) is 2.45. The number of amides is 1. The summed E-state index contributed by atoms with van der Waals surface area (Å²) >= 11 is 0. The molecule has 7 heteroatoms. The molecule has 2 aliphatic rings. The molecule has 3 unspecified atom stereocenters. The maximum absolute atomic E-state index is 13.3. The molecule has 0 aliphatic carbocycles. The van der Waals surface area contributed by atoms with Gasteiger partial charge in [-0.2, -0.15) is 0 Å². The zero-order chi connectivity index (χ0) is 21.4. The number of ether oxygens (including phenoxy) is 1. The molecule has 0 spiro atoms. The van der Waals surface area contributed by atoms with Gasteiger partial charge < -0.3 is 14.6 Å². The van der Waals surface area contributed by atoms with E-state index in [0.29, 0.717) is 6.61 Å². The normalized spacial score (nSPS) is 23.5. The van der Waals surface area contributed by atoms with Gasteiger partial charge in [-0.3, -0.25) is 9.69 Å². The molecule has 7 nitrogen and oxygen atoms in total. The fraction of sp³-hybridized carbons (Fsp3) is 0.292. The van der Waals surface area contributed by atoms with Crippen LogP contribution in [0.5, 0.6) is 5.75 Å². The standard InChI is InChI=1S/C24H27N5O2/c1-27-22(15-17-9-4-3-5-10-17)26-28(2)24(27)23(30)25-18-16-31-21-13-7-6-11-20(21)29-14-8-12-19(18)29/h3-14,18,22,24,26H,15-16H2,1-2H3,(H,25,30). The van der Waals surface area contributed by atoms with E-state index in [0.717, 1.165) is 23.6 Å². The summed E-state index contributed by atoms with van der Waals surface area (Å²) in [7, 11) is 3.89. The van der Waals surface area contributed by atoms with Crippen molar-refractivity contribution in [3.05, 3.63) is 84.2 Å². The number of para-hydroxylation sites is 2. The first-order valence-electron chi connectivity index (χ1n) is 10.6. The summed E-state index contributed by atoms with van der Waals surface area (Å²) in [6.45, 7) is 0.383. The third-order valence-corrected chi connectivity index (χ3v) is 6.09. The maximum Gasteiger partial charge on any atom is 0.254 e. The van der Waals surface area contributed by atoms with Gasteiger partial charge in [0.15, 0.2) is 6.17 Å². The Bertz CT molecular complexity index is 1070. The number of carbonyl (C=O) groups excluding carboxylic acids is 1. The first kappa shape index (κ1) is 19.8. The molecule has 2 N–H and O–H groups in total. The van der Waals surface area contributed by atoms with Gasteiger partial charge in [0.25, 0.3) is 5.91 Å². The van der Waals surface area contributed by atoms with E-state index < -0.39 is 6.17 Å². The Balaban J connectivity index is 1.32. The number of carbonyl (C=O) groups is 1. The topological polar surface area (TPSA) is 61.8 Å². The van der Waals surface area contributed by atoms with Gasteiger partial charge >= 0.3 is 0 Å². The van der Waals surface area contributed by atoms with E-state index in [1.807, 2.05) is 79.9 Å². The summed E-state index contributed by atoms with van der Waals surface area (Å²) in [5.41, 5.74) is 6.65. The first-order valence-corrected chi connectivity index (χ1v) is 10.6. The highest BCUT2D eigenvalue weighted by atomic mass is 16.5. The second-order valence-corrected chi connectivity index (χ2v) is 8.13. The molecule has 1 saturated heterocycles. The van der Waals surface area contributed by atoms with Gasteiger partial charge in [-0.15, -0.1) is 0 Å². The molecule has 2 aromatic carbocycles. The lowest BCUT2D eigenvalue weighted by Gasteiger charge is -2.27. The van der Waals surface area contributed by atoms with E-state index >= 15 is 0 Å². The Morgan fingerprint density at radius 2 is 1.84 bits per heavy atom. The lowest BCUT2D eigenvalue weighted by molar-refractivity contribution is -0.130. The van der Waals surface area contributed by atoms with E-state index in [2.05, 4.69) is 32.3 Å². The largest absolute Gasteiger partial charge is 0.489 e. The molecule has 1 fully saturated rings. The Kier molecular flexibility index (Phi) is 5.23. The van der Waals surface area contributed by atoms with Gasteiger partial charge in [-0.05, 0) is 36.9 Å². The van der Waals surface area contributed by atoms with Crippen LogP contribution in [0.4, 0.5) is 0 Å². The number of nitrogens with zero attached hydrogens (tertiary/aromatic N) is 3. The molecule has 3 aromatic rings. The predicted octanol–water partition coefficient (Wildman–Crippen LogP) is 2.30. The van der Waals surface area contributed by atoms with Crippen molar-refractivity contribution in [2.75, 3.05) is 20.7 Å². The highest BCUT2D eigenvalue weighted by Crippen LogP contribution is 2.31. The van der Waals surface area contributed by atoms with Crippen molar-refractivity contribution < 1.29 is 9.53 Å². The number of hydrogen-bond donors (Lipinski definition) is 2. The Morgan fingerprint density at radius 3 is 2.68 bits per heavy atom. The molecule has 1 aromatic heterocycles. The molecule has 2 aliphatic heterocycles. The summed E-state index contributed by atoms with van der Waals surface area (Å²) in [4.78, 5) is 15.4. The summed E-state index contributed by atoms with van der Waals surface area (Å²) in [6, 6.07) is 22.0. The molecule has 31 heavy (non-hydrogen) atoms. The van der Waals surface area contributed by atoms with Crippen molar-refractivity contribution >= 4 is 5.91 Å². The van der Waals surface area contributed by atoms with E-state index in [1.165, 1.54) is 5.56 Å². The van der Waals surface area contributed by atoms with Crippen LogP contribution < -0.4 is 15.5 Å². The van der Waals surface area contributed by atoms with Gasteiger partial charge in [0.05, 0.1) is 11.9 Å². The Hall–Kier alpha value is -3.13. The van der Waals surface area contributed by atoms with Crippen molar-refractivity contribution in [2.45, 2.75) is 24.8 Å². The average Bonchev–Trinajstić information content (AvgIpc) is 3.33. The average molecular weight is 418 g/mol. The molecule has 0 saturated carbocycles. The molecular weight excluding hydrogens is 390 g/mol. The minimum Gasteiger partial charge on any atom is -0.489 e. The van der Waals surface area contributed by atoms with Crippen LogP contribution in [0.3, 0.4) is 0 Å². The molecule has 0 bridgehead atoms. The molecule has 3 heterocycles. The van der Waals surface area contributed by atoms with Crippen molar-refractivity contribution in [1.29, 1.82) is 0 Å². The van der Waals surface area contributed by atoms with Crippen LogP contribution in [0.15, 0.2) is 72.9 Å². The third kappa shape index (κ3) is 3.72. The van der Waals surface area contributed by atoms with Crippen LogP contribution in [-0.2, 0) is 11.2 Å². The minimum atomic E-state index is -0.414. The summed E-state index contributed by atoms with van der Waals surface area (Å²) in [5, 5.41) is 5.10. The van der Waals surface area contributed by atoms with Gasteiger partial charge in [0.2, 0.25) is 0 Å². The van der Waals surface area contributed by atoms with Crippen LogP contribution in [0, 0.1) is 0 Å². The number of hydrogen-bond acceptors (Lipinski definition) is 5. The van der Waals surface area contributed by atoms with Crippen LogP contribution in [0.25, 0.3) is 5.69 Å². The van der Waals surface area contributed by atoms with Crippen molar-refractivity contribution in [2.24, 2.45) is 0 Å². The molecule has 1 amide bonds. The van der Waals surface area contributed by atoms with Crippen LogP contribution >= 0.6 is 0 Å². The fourth-order valence-corrected chi connectivity index (χ4v) is 4.52. The summed E-state index contributed by atoms with van der Waals surface area (Å²) in [5.74, 6) is 0.761. The third-order valence-electron chi connectivity index (χ3n) is 6.09. The zero-order valence-electron chi connectivity index (χ0n) is 17.7. The summed E-state index contributed by atoms with van der Waals surface area (Å²) < 4.78 is 8.13. The van der Waals surface area contributed by atoms with Crippen molar-refractivity contribution in [3.8, 4) is 11.4 Å². The maximum atomic E-state index is 13.3. The molecular formula is C24H27N5O2. The highest BCUT2D eigenvalue weighted by Gasteiger charge is 2.40. The number of hydrazine groups is 1. The van der Waals surface area contributed by atoms with Gasteiger partial charge in [-0.25, -0.2) is 10.4 Å². The van der Waals surface area contributed by atoms with E-state index in [-0.39, 0.29) is 18.1 Å². The number of rotatable bonds is 4. The lowest BCUT2D eigenvalue weighted by atomic mass is 10.1. The Morgan fingerprint density at radius 1 is 1.06 bits per heavy atom. The number of aromatic nitrogens is 1. The first-order chi connectivity index (χ1) is 15.1. The predicted molar refractivity (Wildman–Crippen MR) is 119 cm³/mol. The van der Waals surface area contributed by atoms with Crippen molar-refractivity contribution in [3.63, 3.8) is 0 Å². The second kappa shape index (κ2) is 8.19. The highest BCUT2D eigenvalue weighted by molar-refractivity contribution is 5.82. The SMILES string of the molecule is CN1NC(Cc2ccccc2)N(C)C1C(=O)NC1COc2ccccc2-n2cccc21. The molecule has 5 rings (SSSR count). The van der Waals surface area contributed by atoms with Crippen LogP contribution in [0.2, 0.25) is 0 Å².